The van der Waals surface area contributed by atoms with Gasteiger partial charge in [-0.15, -0.1) is 22.7 Å². The van der Waals surface area contributed by atoms with Crippen LogP contribution in [0.3, 0.4) is 0 Å². The van der Waals surface area contributed by atoms with E-state index in [9.17, 15) is 9.59 Å². The van der Waals surface area contributed by atoms with E-state index in [1.165, 1.54) is 22.7 Å². The van der Waals surface area contributed by atoms with Crippen LogP contribution in [0, 0.1) is 0 Å². The maximum absolute atomic E-state index is 12.2. The number of carbonyl (C=O) groups is 2. The zero-order valence-electron chi connectivity index (χ0n) is 15.0. The SMILES string of the molecule is O=C(C[n+]1ccc(-c2cc[n+](CC(=O)c3cccs3)cc2)cc1)c1cccs1. The van der Waals surface area contributed by atoms with Gasteiger partial charge in [0.25, 0.3) is 0 Å². The Morgan fingerprint density at radius 2 is 1.04 bits per heavy atom. The van der Waals surface area contributed by atoms with Crippen molar-refractivity contribution in [1.82, 2.24) is 0 Å². The third-order valence-electron chi connectivity index (χ3n) is 4.36. The number of carbonyl (C=O) groups excluding carboxylic acids is 2. The van der Waals surface area contributed by atoms with Gasteiger partial charge >= 0.3 is 0 Å². The Bertz CT molecular complexity index is 979. The zero-order chi connectivity index (χ0) is 19.3. The first-order valence-corrected chi connectivity index (χ1v) is 10.6. The van der Waals surface area contributed by atoms with Gasteiger partial charge in [0.1, 0.15) is 0 Å². The maximum Gasteiger partial charge on any atom is 0.237 e. The Hall–Kier alpha value is -2.96. The molecule has 0 aliphatic heterocycles. The lowest BCUT2D eigenvalue weighted by Crippen LogP contribution is -2.37. The number of pyridine rings is 2. The van der Waals surface area contributed by atoms with Crippen LogP contribution in [-0.2, 0) is 13.1 Å². The van der Waals surface area contributed by atoms with Crippen LogP contribution in [0.2, 0.25) is 0 Å². The molecular formula is C22H18N2O2S2+2. The summed E-state index contributed by atoms with van der Waals surface area (Å²) >= 11 is 2.93. The molecule has 0 radical (unpaired) electrons. The molecule has 6 heteroatoms. The highest BCUT2D eigenvalue weighted by atomic mass is 32.1. The Kier molecular flexibility index (Phi) is 5.50. The van der Waals surface area contributed by atoms with Crippen molar-refractivity contribution >= 4 is 34.2 Å². The van der Waals surface area contributed by atoms with Gasteiger partial charge in [-0.05, 0) is 34.0 Å². The molecular weight excluding hydrogens is 388 g/mol. The van der Waals surface area contributed by atoms with E-state index in [4.69, 9.17) is 0 Å². The van der Waals surface area contributed by atoms with Gasteiger partial charge in [0.05, 0.1) is 9.75 Å². The number of nitrogens with zero attached hydrogens (tertiary/aromatic N) is 2. The van der Waals surface area contributed by atoms with Crippen LogP contribution in [0.5, 0.6) is 0 Å². The molecule has 0 unspecified atom stereocenters. The first-order valence-electron chi connectivity index (χ1n) is 8.81. The Labute approximate surface area is 171 Å². The zero-order valence-corrected chi connectivity index (χ0v) is 16.7. The van der Waals surface area contributed by atoms with E-state index in [1.807, 2.05) is 93.2 Å². The predicted molar refractivity (Wildman–Crippen MR) is 110 cm³/mol. The van der Waals surface area contributed by atoms with Crippen molar-refractivity contribution in [3.8, 4) is 11.1 Å². The molecule has 4 rings (SSSR count). The summed E-state index contributed by atoms with van der Waals surface area (Å²) in [5.74, 6) is 0.229. The molecule has 0 spiro atoms. The van der Waals surface area contributed by atoms with Crippen molar-refractivity contribution in [1.29, 1.82) is 0 Å². The van der Waals surface area contributed by atoms with E-state index >= 15 is 0 Å². The summed E-state index contributed by atoms with van der Waals surface area (Å²) in [7, 11) is 0. The molecule has 0 aliphatic carbocycles. The highest BCUT2D eigenvalue weighted by Crippen LogP contribution is 2.16. The Balaban J connectivity index is 1.41. The second-order valence-electron chi connectivity index (χ2n) is 6.32. The van der Waals surface area contributed by atoms with Gasteiger partial charge in [-0.1, -0.05) is 12.1 Å². The number of ketones is 2. The van der Waals surface area contributed by atoms with E-state index in [0.29, 0.717) is 13.1 Å². The highest BCUT2D eigenvalue weighted by molar-refractivity contribution is 7.12. The highest BCUT2D eigenvalue weighted by Gasteiger charge is 2.15. The van der Waals surface area contributed by atoms with Crippen LogP contribution < -0.4 is 9.13 Å². The number of Topliss-reactive ketones (excluding diaryl/α,β-unsaturated/α-hetero) is 2. The largest absolute Gasteiger partial charge is 0.286 e. The van der Waals surface area contributed by atoms with Crippen molar-refractivity contribution in [2.24, 2.45) is 0 Å². The van der Waals surface area contributed by atoms with Gasteiger partial charge in [0.2, 0.25) is 24.7 Å². The summed E-state index contributed by atoms with van der Waals surface area (Å²) in [4.78, 5) is 26.0. The summed E-state index contributed by atoms with van der Waals surface area (Å²) in [6.45, 7) is 0.667. The minimum atomic E-state index is 0.115. The lowest BCUT2D eigenvalue weighted by molar-refractivity contribution is -0.683. The fourth-order valence-electron chi connectivity index (χ4n) is 2.87. The molecule has 0 amide bonds. The van der Waals surface area contributed by atoms with Gasteiger partial charge < -0.3 is 0 Å². The second kappa shape index (κ2) is 8.37. The van der Waals surface area contributed by atoms with E-state index in [1.54, 1.807) is 0 Å². The summed E-state index contributed by atoms with van der Waals surface area (Å²) in [6, 6.07) is 15.5. The fourth-order valence-corrected chi connectivity index (χ4v) is 4.19. The van der Waals surface area contributed by atoms with Gasteiger partial charge in [-0.2, -0.15) is 9.13 Å². The fraction of sp³-hybridized carbons (Fsp3) is 0.0909. The van der Waals surface area contributed by atoms with Crippen LogP contribution in [-0.4, -0.2) is 11.6 Å². The third kappa shape index (κ3) is 4.30. The minimum Gasteiger partial charge on any atom is -0.286 e. The third-order valence-corrected chi connectivity index (χ3v) is 6.18. The summed E-state index contributed by atoms with van der Waals surface area (Å²) in [5.41, 5.74) is 2.13. The van der Waals surface area contributed by atoms with Crippen LogP contribution in [0.4, 0.5) is 0 Å². The van der Waals surface area contributed by atoms with Crippen LogP contribution >= 0.6 is 22.7 Å². The van der Waals surface area contributed by atoms with Crippen molar-refractivity contribution in [2.75, 3.05) is 0 Å². The molecule has 0 atom stereocenters. The predicted octanol–water partition coefficient (Wildman–Crippen LogP) is 3.82. The molecule has 4 aromatic heterocycles. The number of thiophene rings is 2. The molecule has 28 heavy (non-hydrogen) atoms. The first-order chi connectivity index (χ1) is 13.7. The molecule has 4 heterocycles. The van der Waals surface area contributed by atoms with Gasteiger partial charge in [-0.25, -0.2) is 0 Å². The molecule has 4 nitrogen and oxygen atoms in total. The van der Waals surface area contributed by atoms with Gasteiger partial charge in [0.15, 0.2) is 24.8 Å². The number of rotatable bonds is 7. The normalized spacial score (nSPS) is 10.7. The minimum absolute atomic E-state index is 0.115. The Morgan fingerprint density at radius 3 is 1.36 bits per heavy atom. The lowest BCUT2D eigenvalue weighted by atomic mass is 10.1. The molecule has 0 bridgehead atoms. The molecule has 0 aromatic carbocycles. The van der Waals surface area contributed by atoms with Crippen molar-refractivity contribution in [3.05, 3.63) is 93.8 Å². The quantitative estimate of drug-likeness (QED) is 0.346. The number of hydrogen-bond donors (Lipinski definition) is 0. The maximum atomic E-state index is 12.2. The summed E-state index contributed by atoms with van der Waals surface area (Å²) < 4.78 is 3.77. The molecule has 0 saturated carbocycles. The standard InChI is InChI=1S/C22H18N2O2S2/c25-19(21-3-1-13-27-21)15-23-9-5-17(6-10-23)18-7-11-24(12-8-18)16-20(26)22-4-2-14-28-22/h1-14H,15-16H2/q+2. The van der Waals surface area contributed by atoms with E-state index < -0.39 is 0 Å². The summed E-state index contributed by atoms with van der Waals surface area (Å²) in [5, 5.41) is 3.83. The molecule has 0 aliphatic rings. The smallest absolute Gasteiger partial charge is 0.237 e. The van der Waals surface area contributed by atoms with Gasteiger partial charge in [0, 0.05) is 24.3 Å². The molecule has 0 saturated heterocycles. The van der Waals surface area contributed by atoms with E-state index in [-0.39, 0.29) is 11.6 Å². The lowest BCUT2D eigenvalue weighted by Gasteiger charge is -2.01. The van der Waals surface area contributed by atoms with E-state index in [2.05, 4.69) is 0 Å². The van der Waals surface area contributed by atoms with Crippen LogP contribution in [0.1, 0.15) is 19.3 Å². The molecule has 4 aromatic rings. The average molecular weight is 407 g/mol. The van der Waals surface area contributed by atoms with Crippen LogP contribution in [0.25, 0.3) is 11.1 Å². The second-order valence-corrected chi connectivity index (χ2v) is 8.21. The van der Waals surface area contributed by atoms with Crippen molar-refractivity contribution in [3.63, 3.8) is 0 Å². The first kappa shape index (κ1) is 18.4. The summed E-state index contributed by atoms with van der Waals surface area (Å²) in [6.07, 6.45) is 7.68. The number of hydrogen-bond acceptors (Lipinski definition) is 4. The van der Waals surface area contributed by atoms with Crippen molar-refractivity contribution < 1.29 is 18.7 Å². The number of aromatic nitrogens is 2. The molecule has 138 valence electrons. The average Bonchev–Trinajstić information content (AvgIpc) is 3.43. The topological polar surface area (TPSA) is 41.9 Å². The van der Waals surface area contributed by atoms with Gasteiger partial charge in [-0.3, -0.25) is 9.59 Å². The molecule has 0 fully saturated rings. The monoisotopic (exact) mass is 406 g/mol. The Morgan fingerprint density at radius 1 is 0.643 bits per heavy atom. The van der Waals surface area contributed by atoms with E-state index in [0.717, 1.165) is 20.9 Å². The van der Waals surface area contributed by atoms with Crippen molar-refractivity contribution in [2.45, 2.75) is 13.1 Å². The molecule has 0 N–H and O–H groups in total. The van der Waals surface area contributed by atoms with Crippen LogP contribution in [0.15, 0.2) is 84.1 Å².